The van der Waals surface area contributed by atoms with Crippen LogP contribution in [-0.4, -0.2) is 77.4 Å². The van der Waals surface area contributed by atoms with Crippen LogP contribution in [0.5, 0.6) is 0 Å². The fraction of sp³-hybridized carbons (Fsp3) is 0.714. The van der Waals surface area contributed by atoms with Gasteiger partial charge in [-0.05, 0) is 31.3 Å². The second-order valence-electron chi connectivity index (χ2n) is 5.46. The van der Waals surface area contributed by atoms with E-state index in [0.29, 0.717) is 25.8 Å². The highest BCUT2D eigenvalue weighted by Crippen LogP contribution is 2.17. The van der Waals surface area contributed by atoms with Gasteiger partial charge in [-0.25, -0.2) is 0 Å². The molecule has 1 saturated heterocycles. The molecule has 9 nitrogen and oxygen atoms in total. The number of nitrogens with zero attached hydrogens (tertiary/aromatic N) is 1. The van der Waals surface area contributed by atoms with Crippen LogP contribution in [0.3, 0.4) is 0 Å². The van der Waals surface area contributed by atoms with E-state index in [9.17, 15) is 19.2 Å². The van der Waals surface area contributed by atoms with Crippen molar-refractivity contribution < 1.29 is 24.3 Å². The molecule has 0 saturated carbocycles. The summed E-state index contributed by atoms with van der Waals surface area (Å²) >= 11 is 1.58. The average molecular weight is 360 g/mol. The summed E-state index contributed by atoms with van der Waals surface area (Å²) in [6.07, 6.45) is 3.55. The van der Waals surface area contributed by atoms with Crippen LogP contribution >= 0.6 is 11.8 Å². The van der Waals surface area contributed by atoms with Crippen LogP contribution < -0.4 is 16.4 Å². The van der Waals surface area contributed by atoms with Crippen molar-refractivity contribution in [3.8, 4) is 0 Å². The van der Waals surface area contributed by atoms with Gasteiger partial charge in [-0.15, -0.1) is 0 Å². The van der Waals surface area contributed by atoms with E-state index in [1.54, 1.807) is 11.8 Å². The minimum atomic E-state index is -1.15. The van der Waals surface area contributed by atoms with Gasteiger partial charge in [0.25, 0.3) is 0 Å². The van der Waals surface area contributed by atoms with E-state index in [1.165, 1.54) is 4.90 Å². The minimum absolute atomic E-state index is 0.228. The summed E-state index contributed by atoms with van der Waals surface area (Å²) in [6.45, 7) is -0.314. The summed E-state index contributed by atoms with van der Waals surface area (Å²) in [6, 6.07) is -1.36. The van der Waals surface area contributed by atoms with Crippen molar-refractivity contribution in [2.75, 3.05) is 31.6 Å². The molecule has 1 fully saturated rings. The van der Waals surface area contributed by atoms with E-state index in [-0.39, 0.29) is 12.5 Å². The molecule has 0 radical (unpaired) electrons. The SMILES string of the molecule is CSCCC(N)C(=O)NCC(=O)N1CCCC1C(=O)NCC(=O)O. The average Bonchev–Trinajstić information content (AvgIpc) is 3.04. The van der Waals surface area contributed by atoms with Gasteiger partial charge < -0.3 is 26.4 Å². The molecule has 0 aromatic carbocycles. The molecule has 5 N–H and O–H groups in total. The Kier molecular flexibility index (Phi) is 8.55. The Bertz CT molecular complexity index is 488. The molecular weight excluding hydrogens is 336 g/mol. The lowest BCUT2D eigenvalue weighted by atomic mass is 10.2. The first-order valence-electron chi connectivity index (χ1n) is 7.68. The number of carbonyl (C=O) groups is 4. The number of amides is 3. The van der Waals surface area contributed by atoms with Crippen LogP contribution in [0.15, 0.2) is 0 Å². The van der Waals surface area contributed by atoms with Crippen molar-refractivity contribution in [3.05, 3.63) is 0 Å². The largest absolute Gasteiger partial charge is 0.480 e. The first-order valence-corrected chi connectivity index (χ1v) is 9.07. The second kappa shape index (κ2) is 10.1. The number of carboxylic acids is 1. The van der Waals surface area contributed by atoms with Gasteiger partial charge in [0, 0.05) is 6.54 Å². The van der Waals surface area contributed by atoms with Crippen LogP contribution in [0.2, 0.25) is 0 Å². The maximum Gasteiger partial charge on any atom is 0.322 e. The molecule has 0 spiro atoms. The fourth-order valence-corrected chi connectivity index (χ4v) is 2.88. The highest BCUT2D eigenvalue weighted by molar-refractivity contribution is 7.98. The van der Waals surface area contributed by atoms with E-state index in [2.05, 4.69) is 10.6 Å². The molecule has 1 rings (SSSR count). The van der Waals surface area contributed by atoms with E-state index in [0.717, 1.165) is 5.75 Å². The van der Waals surface area contributed by atoms with Crippen LogP contribution in [0.25, 0.3) is 0 Å². The van der Waals surface area contributed by atoms with Crippen molar-refractivity contribution in [2.45, 2.75) is 31.3 Å². The number of likely N-dealkylation sites (tertiary alicyclic amines) is 1. The summed E-state index contributed by atoms with van der Waals surface area (Å²) in [7, 11) is 0. The van der Waals surface area contributed by atoms with Crippen LogP contribution in [0.4, 0.5) is 0 Å². The standard InChI is InChI=1S/C14H24N4O5S/c1-24-6-4-9(15)13(22)16-7-11(19)18-5-2-3-10(18)14(23)17-8-12(20)21/h9-10H,2-8,15H2,1H3,(H,16,22)(H,17,23)(H,20,21). The third-order valence-electron chi connectivity index (χ3n) is 3.67. The number of hydrogen-bond acceptors (Lipinski definition) is 6. The second-order valence-corrected chi connectivity index (χ2v) is 6.45. The third kappa shape index (κ3) is 6.36. The van der Waals surface area contributed by atoms with E-state index in [4.69, 9.17) is 10.8 Å². The van der Waals surface area contributed by atoms with Gasteiger partial charge in [0.1, 0.15) is 12.6 Å². The first-order chi connectivity index (χ1) is 11.4. The third-order valence-corrected chi connectivity index (χ3v) is 4.32. The van der Waals surface area contributed by atoms with E-state index >= 15 is 0 Å². The lowest BCUT2D eigenvalue weighted by molar-refractivity contribution is -0.141. The number of nitrogens with two attached hydrogens (primary N) is 1. The van der Waals surface area contributed by atoms with Gasteiger partial charge in [-0.3, -0.25) is 19.2 Å². The predicted molar refractivity (Wildman–Crippen MR) is 89.4 cm³/mol. The topological polar surface area (TPSA) is 142 Å². The highest BCUT2D eigenvalue weighted by Gasteiger charge is 2.34. The molecule has 0 bridgehead atoms. The number of nitrogens with one attached hydrogen (secondary N) is 2. The number of carboxylic acid groups (broad SMARTS) is 1. The Hall–Kier alpha value is -1.81. The maximum atomic E-state index is 12.2. The van der Waals surface area contributed by atoms with Crippen molar-refractivity contribution >= 4 is 35.5 Å². The molecule has 136 valence electrons. The van der Waals surface area contributed by atoms with Crippen LogP contribution in [0.1, 0.15) is 19.3 Å². The molecule has 0 aliphatic carbocycles. The summed E-state index contributed by atoms with van der Waals surface area (Å²) in [4.78, 5) is 47.8. The zero-order valence-electron chi connectivity index (χ0n) is 13.6. The molecule has 10 heteroatoms. The number of carbonyl (C=O) groups excluding carboxylic acids is 3. The fourth-order valence-electron chi connectivity index (χ4n) is 2.39. The zero-order chi connectivity index (χ0) is 18.1. The molecule has 2 atom stereocenters. The molecule has 0 aromatic rings. The smallest absolute Gasteiger partial charge is 0.322 e. The Morgan fingerprint density at radius 1 is 1.29 bits per heavy atom. The molecule has 2 unspecified atom stereocenters. The Labute approximate surface area is 144 Å². The Morgan fingerprint density at radius 2 is 2.00 bits per heavy atom. The number of rotatable bonds is 9. The number of thioether (sulfide) groups is 1. The highest BCUT2D eigenvalue weighted by atomic mass is 32.2. The quantitative estimate of drug-likeness (QED) is 0.387. The molecule has 1 heterocycles. The molecule has 0 aromatic heterocycles. The van der Waals surface area contributed by atoms with E-state index < -0.39 is 36.4 Å². The Morgan fingerprint density at radius 3 is 2.62 bits per heavy atom. The monoisotopic (exact) mass is 360 g/mol. The van der Waals surface area contributed by atoms with Gasteiger partial charge in [-0.2, -0.15) is 11.8 Å². The van der Waals surface area contributed by atoms with Crippen LogP contribution in [0, 0.1) is 0 Å². The number of aliphatic carboxylic acids is 1. The van der Waals surface area contributed by atoms with Gasteiger partial charge >= 0.3 is 5.97 Å². The van der Waals surface area contributed by atoms with Crippen molar-refractivity contribution in [2.24, 2.45) is 5.73 Å². The van der Waals surface area contributed by atoms with Gasteiger partial charge in [-0.1, -0.05) is 0 Å². The van der Waals surface area contributed by atoms with E-state index in [1.807, 2.05) is 6.26 Å². The summed E-state index contributed by atoms with van der Waals surface area (Å²) in [5.41, 5.74) is 5.72. The molecular formula is C14H24N4O5S. The zero-order valence-corrected chi connectivity index (χ0v) is 14.4. The molecule has 1 aliphatic rings. The summed E-state index contributed by atoms with van der Waals surface area (Å²) in [5.74, 6) is -1.67. The van der Waals surface area contributed by atoms with Crippen LogP contribution in [-0.2, 0) is 19.2 Å². The normalized spacial score (nSPS) is 18.1. The minimum Gasteiger partial charge on any atom is -0.480 e. The van der Waals surface area contributed by atoms with Gasteiger partial charge in [0.15, 0.2) is 0 Å². The van der Waals surface area contributed by atoms with Crippen molar-refractivity contribution in [1.82, 2.24) is 15.5 Å². The lowest BCUT2D eigenvalue weighted by Crippen LogP contribution is -2.51. The summed E-state index contributed by atoms with van der Waals surface area (Å²) < 4.78 is 0. The summed E-state index contributed by atoms with van der Waals surface area (Å²) in [5, 5.41) is 13.3. The Balaban J connectivity index is 2.46. The molecule has 1 aliphatic heterocycles. The van der Waals surface area contributed by atoms with Crippen molar-refractivity contribution in [1.29, 1.82) is 0 Å². The van der Waals surface area contributed by atoms with Gasteiger partial charge in [0.05, 0.1) is 12.6 Å². The van der Waals surface area contributed by atoms with Gasteiger partial charge in [0.2, 0.25) is 17.7 Å². The maximum absolute atomic E-state index is 12.2. The lowest BCUT2D eigenvalue weighted by Gasteiger charge is -2.24. The molecule has 3 amide bonds. The van der Waals surface area contributed by atoms with Crippen molar-refractivity contribution in [3.63, 3.8) is 0 Å². The predicted octanol–water partition coefficient (Wildman–Crippen LogP) is -1.63. The molecule has 24 heavy (non-hydrogen) atoms. The first kappa shape index (κ1) is 20.2. The number of hydrogen-bond donors (Lipinski definition) is 4.